The minimum absolute atomic E-state index is 0.116. The van der Waals surface area contributed by atoms with Crippen molar-refractivity contribution < 1.29 is 9.53 Å². The topological polar surface area (TPSA) is 73.9 Å². The molecule has 0 N–H and O–H groups in total. The third kappa shape index (κ3) is 3.19. The number of carbonyl (C=O) groups is 1. The van der Waals surface area contributed by atoms with Crippen LogP contribution >= 0.6 is 0 Å². The Kier molecular flexibility index (Phi) is 4.47. The van der Waals surface area contributed by atoms with Crippen molar-refractivity contribution in [2.24, 2.45) is 0 Å². The van der Waals surface area contributed by atoms with Crippen molar-refractivity contribution in [3.8, 4) is 12.1 Å². The maximum Gasteiger partial charge on any atom is 0.348 e. The van der Waals surface area contributed by atoms with Gasteiger partial charge in [0.05, 0.1) is 18.2 Å². The van der Waals surface area contributed by atoms with Crippen molar-refractivity contribution >= 4 is 12.0 Å². The lowest BCUT2D eigenvalue weighted by atomic mass is 10.1. The smallest absolute Gasteiger partial charge is 0.348 e. The van der Waals surface area contributed by atoms with Crippen molar-refractivity contribution in [3.63, 3.8) is 0 Å². The molecule has 0 bridgehead atoms. The Hall–Kier alpha value is -2.59. The van der Waals surface area contributed by atoms with E-state index in [-0.39, 0.29) is 12.2 Å². The molecular formula is C13H10N2O2. The van der Waals surface area contributed by atoms with Crippen LogP contribution in [0.4, 0.5) is 0 Å². The van der Waals surface area contributed by atoms with Crippen molar-refractivity contribution in [3.05, 3.63) is 41.0 Å². The van der Waals surface area contributed by atoms with E-state index in [9.17, 15) is 4.79 Å². The van der Waals surface area contributed by atoms with E-state index in [1.807, 2.05) is 6.07 Å². The number of carbonyl (C=O) groups excluding carboxylic acids is 1. The van der Waals surface area contributed by atoms with Crippen molar-refractivity contribution in [2.45, 2.75) is 6.92 Å². The fraction of sp³-hybridized carbons (Fsp3) is 0.154. The molecule has 0 radical (unpaired) electrons. The van der Waals surface area contributed by atoms with Crippen LogP contribution in [0, 0.1) is 22.7 Å². The molecular weight excluding hydrogens is 216 g/mol. The molecule has 4 heteroatoms. The molecule has 0 saturated carbocycles. The van der Waals surface area contributed by atoms with Gasteiger partial charge in [-0.2, -0.15) is 10.5 Å². The Balaban J connectivity index is 3.13. The van der Waals surface area contributed by atoms with E-state index in [4.69, 9.17) is 15.3 Å². The summed E-state index contributed by atoms with van der Waals surface area (Å²) in [6.45, 7) is 1.87. The summed E-state index contributed by atoms with van der Waals surface area (Å²) in [6, 6.07) is 10.5. The lowest BCUT2D eigenvalue weighted by Crippen LogP contribution is -2.06. The SMILES string of the molecule is CCOC(=O)/C(C#N)=C\c1ccccc1C#N. The normalized spacial score (nSPS) is 10.2. The molecule has 0 heterocycles. The standard InChI is InChI=1S/C13H10N2O2/c1-2-17-13(16)12(9-15)7-10-5-3-4-6-11(10)8-14/h3-7H,2H2,1H3/b12-7-. The molecule has 0 amide bonds. The summed E-state index contributed by atoms with van der Waals surface area (Å²) in [6.07, 6.45) is 1.36. The number of esters is 1. The third-order valence-electron chi connectivity index (χ3n) is 2.00. The molecule has 4 nitrogen and oxygen atoms in total. The largest absolute Gasteiger partial charge is 0.462 e. The van der Waals surface area contributed by atoms with Crippen LogP contribution in [0.1, 0.15) is 18.1 Å². The lowest BCUT2D eigenvalue weighted by molar-refractivity contribution is -0.137. The van der Waals surface area contributed by atoms with Gasteiger partial charge in [-0.05, 0) is 24.6 Å². The van der Waals surface area contributed by atoms with Gasteiger partial charge in [0.1, 0.15) is 11.6 Å². The average Bonchev–Trinajstić information content (AvgIpc) is 2.36. The summed E-state index contributed by atoms with van der Waals surface area (Å²) in [4.78, 5) is 11.4. The number of hydrogen-bond donors (Lipinski definition) is 0. The molecule has 84 valence electrons. The first-order chi connectivity index (χ1) is 8.22. The van der Waals surface area contributed by atoms with E-state index < -0.39 is 5.97 Å². The summed E-state index contributed by atoms with van der Waals surface area (Å²) in [5, 5.41) is 17.7. The Morgan fingerprint density at radius 1 is 1.41 bits per heavy atom. The van der Waals surface area contributed by atoms with Crippen LogP contribution in [0.5, 0.6) is 0 Å². The van der Waals surface area contributed by atoms with Crippen LogP contribution in [-0.4, -0.2) is 12.6 Å². The van der Waals surface area contributed by atoms with Gasteiger partial charge in [0, 0.05) is 0 Å². The van der Waals surface area contributed by atoms with Crippen LogP contribution < -0.4 is 0 Å². The van der Waals surface area contributed by atoms with Gasteiger partial charge in [-0.15, -0.1) is 0 Å². The molecule has 0 unspecified atom stereocenters. The molecule has 1 aromatic carbocycles. The number of nitriles is 2. The predicted octanol–water partition coefficient (Wildman–Crippen LogP) is 2.03. The molecule has 1 rings (SSSR count). The number of rotatable bonds is 3. The second-order valence-electron chi connectivity index (χ2n) is 3.09. The highest BCUT2D eigenvalue weighted by atomic mass is 16.5. The van der Waals surface area contributed by atoms with Crippen LogP contribution in [0.2, 0.25) is 0 Å². The van der Waals surface area contributed by atoms with Crippen LogP contribution in [0.15, 0.2) is 29.8 Å². The second kappa shape index (κ2) is 6.09. The monoisotopic (exact) mass is 226 g/mol. The van der Waals surface area contributed by atoms with Gasteiger partial charge in [0.15, 0.2) is 0 Å². The van der Waals surface area contributed by atoms with E-state index >= 15 is 0 Å². The average molecular weight is 226 g/mol. The first-order valence-corrected chi connectivity index (χ1v) is 5.01. The second-order valence-corrected chi connectivity index (χ2v) is 3.09. The molecule has 0 aliphatic rings. The van der Waals surface area contributed by atoms with Gasteiger partial charge in [-0.1, -0.05) is 18.2 Å². The molecule has 0 spiro atoms. The number of hydrogen-bond acceptors (Lipinski definition) is 4. The summed E-state index contributed by atoms with van der Waals surface area (Å²) in [5.74, 6) is -0.678. The van der Waals surface area contributed by atoms with E-state index in [1.54, 1.807) is 37.3 Å². The van der Waals surface area contributed by atoms with Gasteiger partial charge in [-0.25, -0.2) is 4.79 Å². The van der Waals surface area contributed by atoms with E-state index in [2.05, 4.69) is 0 Å². The quantitative estimate of drug-likeness (QED) is 0.449. The van der Waals surface area contributed by atoms with Crippen LogP contribution in [0.25, 0.3) is 6.08 Å². The summed E-state index contributed by atoms with van der Waals surface area (Å²) in [7, 11) is 0. The summed E-state index contributed by atoms with van der Waals surface area (Å²) < 4.78 is 4.73. The van der Waals surface area contributed by atoms with Gasteiger partial charge in [0.25, 0.3) is 0 Å². The molecule has 0 atom stereocenters. The predicted molar refractivity (Wildman–Crippen MR) is 61.4 cm³/mol. The molecule has 17 heavy (non-hydrogen) atoms. The third-order valence-corrected chi connectivity index (χ3v) is 2.00. The Morgan fingerprint density at radius 3 is 2.71 bits per heavy atom. The fourth-order valence-electron chi connectivity index (χ4n) is 1.23. The Bertz CT molecular complexity index is 533. The van der Waals surface area contributed by atoms with Gasteiger partial charge < -0.3 is 4.74 Å². The zero-order chi connectivity index (χ0) is 12.7. The number of benzene rings is 1. The van der Waals surface area contributed by atoms with Crippen molar-refractivity contribution in [1.82, 2.24) is 0 Å². The Morgan fingerprint density at radius 2 is 2.12 bits per heavy atom. The fourth-order valence-corrected chi connectivity index (χ4v) is 1.23. The molecule has 0 aliphatic heterocycles. The van der Waals surface area contributed by atoms with Crippen LogP contribution in [0.3, 0.4) is 0 Å². The zero-order valence-electron chi connectivity index (χ0n) is 9.30. The summed E-state index contributed by atoms with van der Waals surface area (Å²) in [5.41, 5.74) is 0.818. The van der Waals surface area contributed by atoms with E-state index in [0.717, 1.165) is 0 Å². The van der Waals surface area contributed by atoms with Crippen molar-refractivity contribution in [1.29, 1.82) is 10.5 Å². The maximum atomic E-state index is 11.4. The Labute approximate surface area is 99.4 Å². The van der Waals surface area contributed by atoms with E-state index in [0.29, 0.717) is 11.1 Å². The summed E-state index contributed by atoms with van der Waals surface area (Å²) >= 11 is 0. The lowest BCUT2D eigenvalue weighted by Gasteiger charge is -2.00. The first-order valence-electron chi connectivity index (χ1n) is 5.01. The molecule has 1 aromatic rings. The number of nitrogens with zero attached hydrogens (tertiary/aromatic N) is 2. The highest BCUT2D eigenvalue weighted by molar-refractivity contribution is 5.98. The highest BCUT2D eigenvalue weighted by Crippen LogP contribution is 2.12. The zero-order valence-corrected chi connectivity index (χ0v) is 9.30. The first kappa shape index (κ1) is 12.5. The molecule has 0 saturated heterocycles. The van der Waals surface area contributed by atoms with Crippen molar-refractivity contribution in [2.75, 3.05) is 6.61 Å². The minimum Gasteiger partial charge on any atom is -0.462 e. The molecule has 0 aliphatic carbocycles. The molecule has 0 aromatic heterocycles. The molecule has 0 fully saturated rings. The maximum absolute atomic E-state index is 11.4. The van der Waals surface area contributed by atoms with Gasteiger partial charge in [-0.3, -0.25) is 0 Å². The minimum atomic E-state index is -0.678. The van der Waals surface area contributed by atoms with Crippen LogP contribution in [-0.2, 0) is 9.53 Å². The van der Waals surface area contributed by atoms with E-state index in [1.165, 1.54) is 6.08 Å². The van der Waals surface area contributed by atoms with Gasteiger partial charge >= 0.3 is 5.97 Å². The number of ether oxygens (including phenoxy) is 1. The van der Waals surface area contributed by atoms with Gasteiger partial charge in [0.2, 0.25) is 0 Å². The highest BCUT2D eigenvalue weighted by Gasteiger charge is 2.10.